The van der Waals surface area contributed by atoms with Crippen LogP contribution >= 0.6 is 31.9 Å². The highest BCUT2D eigenvalue weighted by Crippen LogP contribution is 2.24. The summed E-state index contributed by atoms with van der Waals surface area (Å²) >= 11 is 6.98. The van der Waals surface area contributed by atoms with E-state index in [4.69, 9.17) is 0 Å². The van der Waals surface area contributed by atoms with Gasteiger partial charge in [-0.1, -0.05) is 50.9 Å². The predicted octanol–water partition coefficient (Wildman–Crippen LogP) is 4.65. The van der Waals surface area contributed by atoms with Crippen molar-refractivity contribution >= 4 is 31.9 Å². The van der Waals surface area contributed by atoms with Gasteiger partial charge in [0.2, 0.25) is 0 Å². The summed E-state index contributed by atoms with van der Waals surface area (Å²) in [5, 5.41) is 1.07. The molecule has 0 radical (unpaired) electrons. The highest BCUT2D eigenvalue weighted by Gasteiger charge is 2.05. The largest absolute Gasteiger partial charge is 0.0928 e. The summed E-state index contributed by atoms with van der Waals surface area (Å²) in [6.07, 6.45) is 1.20. The summed E-state index contributed by atoms with van der Waals surface area (Å²) in [6.45, 7) is 4.40. The highest BCUT2D eigenvalue weighted by atomic mass is 79.9. The first kappa shape index (κ1) is 11.3. The number of rotatable bonds is 3. The van der Waals surface area contributed by atoms with Crippen LogP contribution < -0.4 is 0 Å². The number of aryl methyl sites for hydroxylation is 1. The molecule has 0 aliphatic rings. The van der Waals surface area contributed by atoms with Gasteiger partial charge in [-0.15, -0.1) is 0 Å². The van der Waals surface area contributed by atoms with Crippen LogP contribution in [0.4, 0.5) is 0 Å². The Hall–Kier alpha value is 0.180. The molecule has 1 unspecified atom stereocenters. The molecule has 0 aromatic heterocycles. The second-order valence-corrected chi connectivity index (χ2v) is 5.03. The van der Waals surface area contributed by atoms with Gasteiger partial charge in [-0.05, 0) is 36.5 Å². The minimum atomic E-state index is 0.645. The van der Waals surface area contributed by atoms with Gasteiger partial charge in [-0.25, -0.2) is 0 Å². The van der Waals surface area contributed by atoms with Crippen molar-refractivity contribution in [1.29, 1.82) is 0 Å². The number of benzene rings is 1. The molecule has 0 saturated carbocycles. The van der Waals surface area contributed by atoms with Crippen LogP contribution in [0.3, 0.4) is 0 Å². The first-order valence-corrected chi connectivity index (χ1v) is 6.38. The second-order valence-electron chi connectivity index (χ2n) is 3.39. The second kappa shape index (κ2) is 5.16. The Balaban J connectivity index is 2.84. The van der Waals surface area contributed by atoms with Gasteiger partial charge in [-0.2, -0.15) is 0 Å². The number of hydrogen-bond acceptors (Lipinski definition) is 0. The number of hydrogen-bond donors (Lipinski definition) is 0. The number of halogens is 2. The Morgan fingerprint density at radius 3 is 2.62 bits per heavy atom. The number of alkyl halides is 1. The van der Waals surface area contributed by atoms with Crippen molar-refractivity contribution in [1.82, 2.24) is 0 Å². The monoisotopic (exact) mass is 304 g/mol. The summed E-state index contributed by atoms with van der Waals surface area (Å²) < 4.78 is 1.20. The molecule has 0 nitrogen and oxygen atoms in total. The van der Waals surface area contributed by atoms with E-state index in [1.807, 2.05) is 0 Å². The van der Waals surface area contributed by atoms with E-state index in [-0.39, 0.29) is 0 Å². The fraction of sp³-hybridized carbons (Fsp3) is 0.455. The lowest BCUT2D eigenvalue weighted by atomic mass is 9.97. The molecule has 0 fully saturated rings. The minimum Gasteiger partial charge on any atom is -0.0928 e. The molecule has 1 atom stereocenters. The lowest BCUT2D eigenvalue weighted by molar-refractivity contribution is 0.743. The van der Waals surface area contributed by atoms with E-state index in [2.05, 4.69) is 63.9 Å². The van der Waals surface area contributed by atoms with Crippen LogP contribution in [0, 0.1) is 6.92 Å². The smallest absolute Gasteiger partial charge is 0.0204 e. The molecule has 1 aromatic carbocycles. The van der Waals surface area contributed by atoms with Gasteiger partial charge in [0.1, 0.15) is 0 Å². The quantitative estimate of drug-likeness (QED) is 0.713. The van der Waals surface area contributed by atoms with Gasteiger partial charge in [0.25, 0.3) is 0 Å². The van der Waals surface area contributed by atoms with Crippen molar-refractivity contribution in [2.75, 3.05) is 5.33 Å². The van der Waals surface area contributed by atoms with Gasteiger partial charge in [0.05, 0.1) is 0 Å². The third kappa shape index (κ3) is 3.10. The lowest BCUT2D eigenvalue weighted by Gasteiger charge is -2.11. The van der Waals surface area contributed by atoms with E-state index in [9.17, 15) is 0 Å². The minimum absolute atomic E-state index is 0.645. The lowest BCUT2D eigenvalue weighted by Crippen LogP contribution is -1.94. The van der Waals surface area contributed by atoms with Gasteiger partial charge in [-0.3, -0.25) is 0 Å². The van der Waals surface area contributed by atoms with E-state index < -0.39 is 0 Å². The molecular formula is C11H14Br2. The van der Waals surface area contributed by atoms with Crippen molar-refractivity contribution in [3.05, 3.63) is 33.8 Å². The van der Waals surface area contributed by atoms with E-state index in [1.54, 1.807) is 0 Å². The zero-order valence-corrected chi connectivity index (χ0v) is 11.2. The van der Waals surface area contributed by atoms with E-state index >= 15 is 0 Å². The van der Waals surface area contributed by atoms with Crippen molar-refractivity contribution in [3.8, 4) is 0 Å². The molecule has 2 heteroatoms. The van der Waals surface area contributed by atoms with Gasteiger partial charge in [0, 0.05) is 9.80 Å². The van der Waals surface area contributed by atoms with Crippen LogP contribution in [0.1, 0.15) is 30.4 Å². The topological polar surface area (TPSA) is 0 Å². The molecule has 0 bridgehead atoms. The third-order valence-electron chi connectivity index (χ3n) is 2.29. The van der Waals surface area contributed by atoms with Crippen LogP contribution in [0.5, 0.6) is 0 Å². The predicted molar refractivity (Wildman–Crippen MR) is 65.7 cm³/mol. The Morgan fingerprint density at radius 2 is 2.08 bits per heavy atom. The molecule has 1 aromatic rings. The summed E-state index contributed by atoms with van der Waals surface area (Å²) in [5.41, 5.74) is 2.75. The molecule has 0 aliphatic heterocycles. The Morgan fingerprint density at radius 1 is 1.38 bits per heavy atom. The SMILES string of the molecule is Cc1cc(C(C)CCBr)ccc1Br. The standard InChI is InChI=1S/C11H14Br2/c1-8(5-6-12)10-3-4-11(13)9(2)7-10/h3-4,7-8H,5-6H2,1-2H3. The van der Waals surface area contributed by atoms with Crippen LogP contribution in [0.15, 0.2) is 22.7 Å². The average molecular weight is 306 g/mol. The molecule has 1 rings (SSSR count). The fourth-order valence-corrected chi connectivity index (χ4v) is 2.24. The fourth-order valence-electron chi connectivity index (χ4n) is 1.30. The molecule has 0 spiro atoms. The van der Waals surface area contributed by atoms with Crippen molar-refractivity contribution in [3.63, 3.8) is 0 Å². The average Bonchev–Trinajstić information content (AvgIpc) is 2.10. The summed E-state index contributed by atoms with van der Waals surface area (Å²) in [7, 11) is 0. The van der Waals surface area contributed by atoms with Crippen LogP contribution in [0.2, 0.25) is 0 Å². The molecule has 0 aliphatic carbocycles. The van der Waals surface area contributed by atoms with Gasteiger partial charge < -0.3 is 0 Å². The normalized spacial score (nSPS) is 12.9. The van der Waals surface area contributed by atoms with Crippen LogP contribution in [0.25, 0.3) is 0 Å². The molecule has 0 heterocycles. The van der Waals surface area contributed by atoms with Crippen molar-refractivity contribution in [2.45, 2.75) is 26.2 Å². The van der Waals surface area contributed by atoms with Crippen LogP contribution in [-0.4, -0.2) is 5.33 Å². The zero-order chi connectivity index (χ0) is 9.84. The Bertz CT molecular complexity index is 281. The summed E-state index contributed by atoms with van der Waals surface area (Å²) in [4.78, 5) is 0. The van der Waals surface area contributed by atoms with Gasteiger partial charge >= 0.3 is 0 Å². The third-order valence-corrected chi connectivity index (χ3v) is 3.64. The highest BCUT2D eigenvalue weighted by molar-refractivity contribution is 9.10. The summed E-state index contributed by atoms with van der Waals surface area (Å²) in [5.74, 6) is 0.645. The van der Waals surface area contributed by atoms with Crippen molar-refractivity contribution in [2.24, 2.45) is 0 Å². The van der Waals surface area contributed by atoms with E-state index in [0.717, 1.165) is 5.33 Å². The molecular weight excluding hydrogens is 292 g/mol. The van der Waals surface area contributed by atoms with Crippen molar-refractivity contribution < 1.29 is 0 Å². The Kier molecular flexibility index (Phi) is 4.47. The maximum atomic E-state index is 3.51. The summed E-state index contributed by atoms with van der Waals surface area (Å²) in [6, 6.07) is 6.59. The molecule has 0 N–H and O–H groups in total. The molecule has 0 saturated heterocycles. The first-order chi connectivity index (χ1) is 6.15. The zero-order valence-electron chi connectivity index (χ0n) is 7.98. The Labute approximate surface area is 97.0 Å². The molecule has 72 valence electrons. The first-order valence-electron chi connectivity index (χ1n) is 4.47. The van der Waals surface area contributed by atoms with E-state index in [1.165, 1.54) is 22.0 Å². The molecule has 13 heavy (non-hydrogen) atoms. The molecule has 0 amide bonds. The maximum absolute atomic E-state index is 3.51. The maximum Gasteiger partial charge on any atom is 0.0204 e. The van der Waals surface area contributed by atoms with E-state index in [0.29, 0.717) is 5.92 Å². The van der Waals surface area contributed by atoms with Crippen LogP contribution in [-0.2, 0) is 0 Å². The van der Waals surface area contributed by atoms with Gasteiger partial charge in [0.15, 0.2) is 0 Å².